The second-order valence-electron chi connectivity index (χ2n) is 13.8. The van der Waals surface area contributed by atoms with Crippen LogP contribution in [0.5, 0.6) is 5.75 Å². The molecule has 0 radical (unpaired) electrons. The van der Waals surface area contributed by atoms with Gasteiger partial charge in [-0.25, -0.2) is 27.3 Å². The molecule has 56 heavy (non-hydrogen) atoms. The summed E-state index contributed by atoms with van der Waals surface area (Å²) in [6.07, 6.45) is 3.87. The highest BCUT2D eigenvalue weighted by Gasteiger charge is 2.35. The fourth-order valence-electron chi connectivity index (χ4n) is 7.44. The Kier molecular flexibility index (Phi) is 11.9. The lowest BCUT2D eigenvalue weighted by atomic mass is 9.83. The van der Waals surface area contributed by atoms with Crippen molar-refractivity contribution in [3.63, 3.8) is 0 Å². The third-order valence-electron chi connectivity index (χ3n) is 10.3. The molecule has 6 rings (SSSR count). The van der Waals surface area contributed by atoms with Gasteiger partial charge in [-0.1, -0.05) is 27.2 Å². The predicted molar refractivity (Wildman–Crippen MR) is 189 cm³/mol. The third kappa shape index (κ3) is 7.48. The molecule has 2 aromatic heterocycles. The van der Waals surface area contributed by atoms with E-state index in [0.717, 1.165) is 6.26 Å². The van der Waals surface area contributed by atoms with E-state index in [2.05, 4.69) is 10.1 Å². The van der Waals surface area contributed by atoms with Crippen molar-refractivity contribution in [2.24, 2.45) is 5.92 Å². The number of aromatic nitrogens is 2. The van der Waals surface area contributed by atoms with Crippen LogP contribution in [0.3, 0.4) is 0 Å². The quantitative estimate of drug-likeness (QED) is 0.0226. The number of amides is 1. The first-order chi connectivity index (χ1) is 26.8. The van der Waals surface area contributed by atoms with Gasteiger partial charge in [0.2, 0.25) is 34.8 Å². The highest BCUT2D eigenvalue weighted by molar-refractivity contribution is 5.92. The highest BCUT2D eigenvalue weighted by atomic mass is 19.2. The van der Waals surface area contributed by atoms with Gasteiger partial charge in [-0.05, 0) is 79.3 Å². The SMILES string of the molecule is CCCC(CC/C=C/OC(=O)NC1CCc2cc(F)cc3nc4c(c1c23)Cn1c-4cc(C(C)CC)c(COC=O)c1=O)C(=O)Oc1c(F)c(F)c(F)c(F)c1F. The smallest absolute Gasteiger partial charge is 0.412 e. The summed E-state index contributed by atoms with van der Waals surface area (Å²) in [5.74, 6) is -15.8. The first kappa shape index (κ1) is 40.0. The zero-order valence-corrected chi connectivity index (χ0v) is 30.6. The zero-order chi connectivity index (χ0) is 40.4. The highest BCUT2D eigenvalue weighted by Crippen LogP contribution is 2.44. The Bertz CT molecular complexity index is 2300. The van der Waals surface area contributed by atoms with E-state index in [9.17, 15) is 45.5 Å². The van der Waals surface area contributed by atoms with Gasteiger partial charge < -0.3 is 24.1 Å². The topological polar surface area (TPSA) is 126 Å². The predicted octanol–water partition coefficient (Wildman–Crippen LogP) is 8.48. The monoisotopic (exact) mass is 785 g/mol. The molecule has 10 nitrogen and oxygen atoms in total. The fraction of sp³-hybridized carbons (Fsp3) is 0.375. The van der Waals surface area contributed by atoms with E-state index in [1.807, 2.05) is 19.9 Å². The number of carbonyl (C=O) groups is 3. The van der Waals surface area contributed by atoms with Gasteiger partial charge in [0.1, 0.15) is 12.4 Å². The summed E-state index contributed by atoms with van der Waals surface area (Å²) < 4.78 is 100. The van der Waals surface area contributed by atoms with Crippen LogP contribution >= 0.6 is 0 Å². The van der Waals surface area contributed by atoms with Crippen molar-refractivity contribution < 1.29 is 54.9 Å². The molecule has 16 heteroatoms. The van der Waals surface area contributed by atoms with E-state index in [4.69, 9.17) is 14.5 Å². The van der Waals surface area contributed by atoms with Crippen LogP contribution in [0.4, 0.5) is 31.1 Å². The van der Waals surface area contributed by atoms with Crippen LogP contribution in [-0.4, -0.2) is 28.1 Å². The van der Waals surface area contributed by atoms with Gasteiger partial charge in [-0.3, -0.25) is 14.4 Å². The molecule has 0 bridgehead atoms. The van der Waals surface area contributed by atoms with E-state index >= 15 is 0 Å². The normalized spacial score (nSPS) is 15.3. The number of alkyl carbamates (subject to hydrolysis) is 1. The first-order valence-corrected chi connectivity index (χ1v) is 18.1. The van der Waals surface area contributed by atoms with E-state index in [1.54, 1.807) is 6.92 Å². The van der Waals surface area contributed by atoms with Gasteiger partial charge >= 0.3 is 12.1 Å². The number of nitrogens with one attached hydrogen (secondary N) is 1. The number of hydrogen-bond acceptors (Lipinski definition) is 8. The molecule has 4 aromatic rings. The van der Waals surface area contributed by atoms with Crippen LogP contribution < -0.4 is 15.6 Å². The summed E-state index contributed by atoms with van der Waals surface area (Å²) in [6.45, 7) is 5.82. The van der Waals surface area contributed by atoms with E-state index in [-0.39, 0.29) is 50.4 Å². The molecule has 1 aliphatic heterocycles. The molecule has 0 saturated carbocycles. The van der Waals surface area contributed by atoms with Gasteiger partial charge in [0, 0.05) is 17.0 Å². The standard InChI is InChI=1S/C40H37F6N3O7/c1-4-8-20(39(52)56-37-34(45)32(43)31(42)33(44)35(37)46)9-6-7-12-55-40(53)48-26-11-10-21-13-22(41)14-27-29(21)30(26)24-16-49-28(36(24)47-27)15-23(19(3)5-2)25(38(49)51)17-54-18-50/h7,12-15,18-20,26H,4-6,8-11,16-17H2,1-3H3,(H,48,53)/b12-7+. The molecule has 296 valence electrons. The van der Waals surface area contributed by atoms with Crippen LogP contribution in [0.2, 0.25) is 0 Å². The van der Waals surface area contributed by atoms with Gasteiger partial charge in [0.25, 0.3) is 12.0 Å². The number of esters is 1. The van der Waals surface area contributed by atoms with Gasteiger partial charge in [0.15, 0.2) is 0 Å². The summed E-state index contributed by atoms with van der Waals surface area (Å²) in [5, 5.41) is 3.52. The van der Waals surface area contributed by atoms with Gasteiger partial charge in [-0.2, -0.15) is 8.78 Å². The summed E-state index contributed by atoms with van der Waals surface area (Å²) in [4.78, 5) is 55.6. The Labute approximate surface area is 316 Å². The molecule has 3 unspecified atom stereocenters. The van der Waals surface area contributed by atoms with Crippen molar-refractivity contribution in [2.75, 3.05) is 0 Å². The number of carbonyl (C=O) groups excluding carboxylic acids is 3. The molecule has 3 heterocycles. The maximum Gasteiger partial charge on any atom is 0.412 e. The first-order valence-electron chi connectivity index (χ1n) is 18.1. The average Bonchev–Trinajstić information content (AvgIpc) is 3.55. The van der Waals surface area contributed by atoms with E-state index in [1.165, 1.54) is 22.8 Å². The molecule has 3 atom stereocenters. The summed E-state index contributed by atoms with van der Waals surface area (Å²) in [7, 11) is 0. The molecular formula is C40H37F6N3O7. The van der Waals surface area contributed by atoms with Gasteiger partial charge in [-0.15, -0.1) is 0 Å². The van der Waals surface area contributed by atoms with E-state index in [0.29, 0.717) is 75.8 Å². The maximum absolute atomic E-state index is 14.8. The number of aryl methyl sites for hydroxylation is 1. The third-order valence-corrected chi connectivity index (χ3v) is 10.3. The Balaban J connectivity index is 1.19. The molecule has 1 N–H and O–H groups in total. The van der Waals surface area contributed by atoms with Crippen molar-refractivity contribution in [3.8, 4) is 17.1 Å². The van der Waals surface area contributed by atoms with Crippen molar-refractivity contribution >= 4 is 29.4 Å². The Hall–Kier alpha value is -5.67. The minimum atomic E-state index is -2.38. The molecule has 1 aliphatic carbocycles. The summed E-state index contributed by atoms with van der Waals surface area (Å²) in [6, 6.07) is 3.95. The molecule has 2 aromatic carbocycles. The second-order valence-corrected chi connectivity index (χ2v) is 13.8. The van der Waals surface area contributed by atoms with E-state index < -0.39 is 64.7 Å². The average molecular weight is 786 g/mol. The zero-order valence-electron chi connectivity index (χ0n) is 30.6. The van der Waals surface area contributed by atoms with Crippen LogP contribution in [0.1, 0.15) is 99.1 Å². The number of pyridine rings is 2. The number of ether oxygens (including phenoxy) is 3. The molecule has 0 spiro atoms. The van der Waals surface area contributed by atoms with Crippen molar-refractivity contribution in [3.05, 3.63) is 104 Å². The summed E-state index contributed by atoms with van der Waals surface area (Å²) >= 11 is 0. The molecule has 2 aliphatic rings. The van der Waals surface area contributed by atoms with Crippen LogP contribution in [-0.2, 0) is 38.6 Å². The number of benzene rings is 2. The maximum atomic E-state index is 14.8. The Morgan fingerprint density at radius 2 is 1.73 bits per heavy atom. The van der Waals surface area contributed by atoms with Crippen molar-refractivity contribution in [2.45, 2.75) is 90.8 Å². The second kappa shape index (κ2) is 16.6. The van der Waals surface area contributed by atoms with Crippen LogP contribution in [0.25, 0.3) is 22.3 Å². The lowest BCUT2D eigenvalue weighted by molar-refractivity contribution is -0.140. The molecular weight excluding hydrogens is 748 g/mol. The Morgan fingerprint density at radius 1 is 1.02 bits per heavy atom. The molecule has 0 fully saturated rings. The fourth-order valence-corrected chi connectivity index (χ4v) is 7.44. The number of fused-ring (bicyclic) bond motifs is 4. The largest absolute Gasteiger partial charge is 0.463 e. The van der Waals surface area contributed by atoms with Crippen LogP contribution in [0.15, 0.2) is 35.3 Å². The number of halogens is 6. The summed E-state index contributed by atoms with van der Waals surface area (Å²) in [5.41, 5.74) is 4.08. The minimum Gasteiger partial charge on any atom is -0.463 e. The van der Waals surface area contributed by atoms with Crippen LogP contribution in [0, 0.1) is 40.8 Å². The molecule has 1 amide bonds. The Morgan fingerprint density at radius 3 is 2.41 bits per heavy atom. The number of hydrogen-bond donors (Lipinski definition) is 1. The number of rotatable bonds is 14. The van der Waals surface area contributed by atoms with Gasteiger partial charge in [0.05, 0.1) is 47.2 Å². The number of nitrogens with zero attached hydrogens (tertiary/aromatic N) is 2. The van der Waals surface area contributed by atoms with Crippen molar-refractivity contribution in [1.29, 1.82) is 0 Å². The number of allylic oxidation sites excluding steroid dienone is 1. The van der Waals surface area contributed by atoms with Crippen molar-refractivity contribution in [1.82, 2.24) is 14.9 Å². The lowest BCUT2D eigenvalue weighted by Crippen LogP contribution is -2.31. The minimum absolute atomic E-state index is 0.0301. The molecule has 0 saturated heterocycles. The lowest BCUT2D eigenvalue weighted by Gasteiger charge is -2.28.